The van der Waals surface area contributed by atoms with E-state index < -0.39 is 17.2 Å². The quantitative estimate of drug-likeness (QED) is 0.716. The summed E-state index contributed by atoms with van der Waals surface area (Å²) >= 11 is 0. The largest absolute Gasteiger partial charge is 0.450 e. The van der Waals surface area contributed by atoms with Gasteiger partial charge < -0.3 is 9.52 Å². The van der Waals surface area contributed by atoms with Crippen molar-refractivity contribution in [2.45, 2.75) is 19.4 Å². The summed E-state index contributed by atoms with van der Waals surface area (Å²) in [4.78, 5) is 0. The van der Waals surface area contributed by atoms with Gasteiger partial charge >= 0.3 is 0 Å². The summed E-state index contributed by atoms with van der Waals surface area (Å²) in [7, 11) is 0. The summed E-state index contributed by atoms with van der Waals surface area (Å²) in [5.74, 6) is -1.18. The minimum absolute atomic E-state index is 0.0280. The number of para-hydroxylation sites is 1. The Labute approximate surface area is 108 Å². The standard InChI is InChI=1S/C15H12F2O2/c1-15(2,18)10-7-6-9-8-4-3-5-11(16)13(8)19-14(9)12(10)17/h3-7,18H,1-2H3. The van der Waals surface area contributed by atoms with Crippen LogP contribution < -0.4 is 0 Å². The van der Waals surface area contributed by atoms with Gasteiger partial charge in [-0.05, 0) is 26.0 Å². The molecule has 98 valence electrons. The number of aliphatic hydroxyl groups is 1. The molecule has 19 heavy (non-hydrogen) atoms. The smallest absolute Gasteiger partial charge is 0.172 e. The van der Waals surface area contributed by atoms with Crippen LogP contribution in [0.25, 0.3) is 21.9 Å². The van der Waals surface area contributed by atoms with Gasteiger partial charge in [-0.2, -0.15) is 0 Å². The molecule has 2 aromatic carbocycles. The lowest BCUT2D eigenvalue weighted by Crippen LogP contribution is -2.17. The number of fused-ring (bicyclic) bond motifs is 3. The van der Waals surface area contributed by atoms with Crippen LogP contribution in [-0.2, 0) is 5.60 Å². The number of hydrogen-bond acceptors (Lipinski definition) is 2. The molecule has 3 rings (SSSR count). The fraction of sp³-hybridized carbons (Fsp3) is 0.200. The number of furan rings is 1. The van der Waals surface area contributed by atoms with E-state index in [0.717, 1.165) is 0 Å². The molecular weight excluding hydrogens is 250 g/mol. The van der Waals surface area contributed by atoms with Crippen LogP contribution in [0, 0.1) is 11.6 Å². The Balaban J connectivity index is 2.45. The lowest BCUT2D eigenvalue weighted by atomic mass is 9.96. The van der Waals surface area contributed by atoms with Gasteiger partial charge in [0.15, 0.2) is 22.8 Å². The van der Waals surface area contributed by atoms with Gasteiger partial charge in [-0.1, -0.05) is 18.2 Å². The Bertz CT molecular complexity index is 782. The van der Waals surface area contributed by atoms with Crippen molar-refractivity contribution in [1.29, 1.82) is 0 Å². The van der Waals surface area contributed by atoms with E-state index in [1.807, 2.05) is 0 Å². The first-order valence-electron chi connectivity index (χ1n) is 5.91. The summed E-state index contributed by atoms with van der Waals surface area (Å²) in [5, 5.41) is 10.9. The molecule has 2 nitrogen and oxygen atoms in total. The van der Waals surface area contributed by atoms with Gasteiger partial charge in [-0.25, -0.2) is 8.78 Å². The Morgan fingerprint density at radius 3 is 2.37 bits per heavy atom. The second-order valence-electron chi connectivity index (χ2n) is 5.08. The Hall–Kier alpha value is -1.94. The third-order valence-electron chi connectivity index (χ3n) is 3.22. The molecule has 0 bridgehead atoms. The first kappa shape index (κ1) is 12.1. The van der Waals surface area contributed by atoms with Gasteiger partial charge in [0.2, 0.25) is 0 Å². The lowest BCUT2D eigenvalue weighted by molar-refractivity contribution is 0.0747. The van der Waals surface area contributed by atoms with Crippen molar-refractivity contribution >= 4 is 21.9 Å². The van der Waals surface area contributed by atoms with Gasteiger partial charge in [0.05, 0.1) is 5.60 Å². The van der Waals surface area contributed by atoms with Crippen LogP contribution in [-0.4, -0.2) is 5.11 Å². The highest BCUT2D eigenvalue weighted by molar-refractivity contribution is 6.05. The highest BCUT2D eigenvalue weighted by Crippen LogP contribution is 2.35. The molecule has 1 aromatic heterocycles. The van der Waals surface area contributed by atoms with E-state index in [1.165, 1.54) is 26.0 Å². The molecule has 0 fully saturated rings. The van der Waals surface area contributed by atoms with Crippen LogP contribution in [0.15, 0.2) is 34.7 Å². The van der Waals surface area contributed by atoms with Crippen LogP contribution in [0.3, 0.4) is 0 Å². The zero-order chi connectivity index (χ0) is 13.8. The van der Waals surface area contributed by atoms with E-state index >= 15 is 0 Å². The molecule has 0 aliphatic heterocycles. The molecule has 0 saturated heterocycles. The van der Waals surface area contributed by atoms with Gasteiger partial charge in [0.25, 0.3) is 0 Å². The first-order valence-corrected chi connectivity index (χ1v) is 5.91. The third-order valence-corrected chi connectivity index (χ3v) is 3.22. The van der Waals surface area contributed by atoms with Crippen LogP contribution >= 0.6 is 0 Å². The predicted octanol–water partition coefficient (Wildman–Crippen LogP) is 4.09. The number of rotatable bonds is 1. The first-order chi connectivity index (χ1) is 8.89. The molecule has 0 aliphatic carbocycles. The van der Waals surface area contributed by atoms with E-state index in [0.29, 0.717) is 10.8 Å². The molecule has 1 heterocycles. The zero-order valence-electron chi connectivity index (χ0n) is 10.5. The molecule has 0 unspecified atom stereocenters. The van der Waals surface area contributed by atoms with E-state index in [1.54, 1.807) is 18.2 Å². The monoisotopic (exact) mass is 262 g/mol. The molecule has 0 amide bonds. The molecular formula is C15H12F2O2. The lowest BCUT2D eigenvalue weighted by Gasteiger charge is -2.18. The number of benzene rings is 2. The number of hydrogen-bond donors (Lipinski definition) is 1. The third kappa shape index (κ3) is 1.71. The second-order valence-corrected chi connectivity index (χ2v) is 5.08. The average Bonchev–Trinajstić information content (AvgIpc) is 2.69. The van der Waals surface area contributed by atoms with Crippen molar-refractivity contribution in [1.82, 2.24) is 0 Å². The fourth-order valence-corrected chi connectivity index (χ4v) is 2.27. The molecule has 0 radical (unpaired) electrons. The topological polar surface area (TPSA) is 33.4 Å². The Morgan fingerprint density at radius 2 is 1.68 bits per heavy atom. The van der Waals surface area contributed by atoms with Crippen LogP contribution in [0.2, 0.25) is 0 Å². The summed E-state index contributed by atoms with van der Waals surface area (Å²) in [6, 6.07) is 7.62. The van der Waals surface area contributed by atoms with Crippen molar-refractivity contribution in [2.24, 2.45) is 0 Å². The zero-order valence-corrected chi connectivity index (χ0v) is 10.5. The number of halogens is 2. The SMILES string of the molecule is CC(C)(O)c1ccc2c(oc3c(F)cccc32)c1F. The van der Waals surface area contributed by atoms with E-state index in [4.69, 9.17) is 4.42 Å². The normalized spacial score (nSPS) is 12.5. The average molecular weight is 262 g/mol. The minimum Gasteiger partial charge on any atom is -0.450 e. The maximum atomic E-state index is 14.4. The highest BCUT2D eigenvalue weighted by Gasteiger charge is 2.24. The minimum atomic E-state index is -1.32. The van der Waals surface area contributed by atoms with Gasteiger partial charge in [-0.15, -0.1) is 0 Å². The van der Waals surface area contributed by atoms with E-state index in [-0.39, 0.29) is 16.7 Å². The fourth-order valence-electron chi connectivity index (χ4n) is 2.27. The maximum absolute atomic E-state index is 14.4. The molecule has 0 atom stereocenters. The second kappa shape index (κ2) is 3.78. The Kier molecular flexibility index (Phi) is 2.41. The highest BCUT2D eigenvalue weighted by atomic mass is 19.1. The predicted molar refractivity (Wildman–Crippen MR) is 68.9 cm³/mol. The summed E-state index contributed by atoms with van der Waals surface area (Å²) in [6.07, 6.45) is 0. The molecule has 1 N–H and O–H groups in total. The van der Waals surface area contributed by atoms with Crippen LogP contribution in [0.4, 0.5) is 8.78 Å². The molecule has 0 spiro atoms. The summed E-state index contributed by atoms with van der Waals surface area (Å²) in [6.45, 7) is 2.97. The molecule has 4 heteroatoms. The molecule has 0 aliphatic rings. The Morgan fingerprint density at radius 1 is 1.00 bits per heavy atom. The maximum Gasteiger partial charge on any atom is 0.172 e. The van der Waals surface area contributed by atoms with Gasteiger partial charge in [0, 0.05) is 16.3 Å². The van der Waals surface area contributed by atoms with E-state index in [2.05, 4.69) is 0 Å². The van der Waals surface area contributed by atoms with Crippen molar-refractivity contribution in [2.75, 3.05) is 0 Å². The molecule has 3 aromatic rings. The summed E-state index contributed by atoms with van der Waals surface area (Å²) in [5.41, 5.74) is -1.20. The summed E-state index contributed by atoms with van der Waals surface area (Å²) < 4.78 is 33.3. The van der Waals surface area contributed by atoms with Crippen molar-refractivity contribution in [3.63, 3.8) is 0 Å². The van der Waals surface area contributed by atoms with Crippen molar-refractivity contribution in [3.05, 3.63) is 47.5 Å². The van der Waals surface area contributed by atoms with Crippen molar-refractivity contribution in [3.8, 4) is 0 Å². The van der Waals surface area contributed by atoms with Gasteiger partial charge in [-0.3, -0.25) is 0 Å². The van der Waals surface area contributed by atoms with Gasteiger partial charge in [0.1, 0.15) is 0 Å². The van der Waals surface area contributed by atoms with Crippen molar-refractivity contribution < 1.29 is 18.3 Å². The van der Waals surface area contributed by atoms with E-state index in [9.17, 15) is 13.9 Å². The van der Waals surface area contributed by atoms with Crippen LogP contribution in [0.5, 0.6) is 0 Å². The van der Waals surface area contributed by atoms with Crippen LogP contribution in [0.1, 0.15) is 19.4 Å². The molecule has 0 saturated carbocycles.